The van der Waals surface area contributed by atoms with Crippen LogP contribution < -0.4 is 5.32 Å². The Morgan fingerprint density at radius 1 is 1.23 bits per heavy atom. The van der Waals surface area contributed by atoms with E-state index in [-0.39, 0.29) is 5.91 Å². The van der Waals surface area contributed by atoms with Crippen LogP contribution in [-0.4, -0.2) is 52.0 Å². The normalized spacial score (nSPS) is 15.2. The summed E-state index contributed by atoms with van der Waals surface area (Å²) in [6.45, 7) is 8.54. The molecule has 3 rings (SSSR count). The lowest BCUT2D eigenvalue weighted by Gasteiger charge is -2.34. The Bertz CT molecular complexity index is 722. The molecule has 140 valence electrons. The van der Waals surface area contributed by atoms with E-state index in [1.807, 2.05) is 11.0 Å². The van der Waals surface area contributed by atoms with Crippen molar-refractivity contribution < 1.29 is 9.32 Å². The van der Waals surface area contributed by atoms with Gasteiger partial charge in [0.1, 0.15) is 0 Å². The number of benzene rings is 1. The summed E-state index contributed by atoms with van der Waals surface area (Å²) in [6, 6.07) is 8.30. The molecule has 7 nitrogen and oxygen atoms in total. The number of nitrogens with one attached hydrogen (secondary N) is 1. The Hall–Kier alpha value is -2.41. The maximum absolute atomic E-state index is 11.5. The molecule has 0 bridgehead atoms. The average molecular weight is 357 g/mol. The monoisotopic (exact) mass is 357 g/mol. The third-order valence-electron chi connectivity index (χ3n) is 4.64. The third-order valence-corrected chi connectivity index (χ3v) is 4.64. The number of anilines is 1. The number of amides is 1. The van der Waals surface area contributed by atoms with Crippen molar-refractivity contribution in [1.82, 2.24) is 19.9 Å². The minimum absolute atomic E-state index is 0.161. The molecule has 1 amide bonds. The number of rotatable bonds is 7. The van der Waals surface area contributed by atoms with Crippen LogP contribution in [0.5, 0.6) is 0 Å². The Morgan fingerprint density at radius 2 is 2.00 bits per heavy atom. The van der Waals surface area contributed by atoms with Gasteiger partial charge in [0, 0.05) is 51.8 Å². The number of aromatic nitrogens is 2. The van der Waals surface area contributed by atoms with Crippen LogP contribution in [0.4, 0.5) is 5.69 Å². The zero-order valence-electron chi connectivity index (χ0n) is 15.6. The van der Waals surface area contributed by atoms with Gasteiger partial charge in [-0.1, -0.05) is 30.3 Å². The van der Waals surface area contributed by atoms with Crippen LogP contribution in [0.15, 0.2) is 28.8 Å². The summed E-state index contributed by atoms with van der Waals surface area (Å²) in [6.07, 6.45) is 1.81. The minimum Gasteiger partial charge on any atom is -0.377 e. The maximum Gasteiger partial charge on any atom is 0.226 e. The van der Waals surface area contributed by atoms with Gasteiger partial charge in [0.15, 0.2) is 5.82 Å². The fourth-order valence-electron chi connectivity index (χ4n) is 3.14. The summed E-state index contributed by atoms with van der Waals surface area (Å²) < 4.78 is 5.23. The molecule has 1 fully saturated rings. The predicted molar refractivity (Wildman–Crippen MR) is 99.6 cm³/mol. The lowest BCUT2D eigenvalue weighted by atomic mass is 10.1. The van der Waals surface area contributed by atoms with Crippen molar-refractivity contribution >= 4 is 11.6 Å². The number of carbonyl (C=O) groups is 1. The quantitative estimate of drug-likeness (QED) is 0.820. The molecule has 0 radical (unpaired) electrons. The molecule has 1 N–H and O–H groups in total. The standard InChI is InChI=1S/C19H27N5O2/c1-3-6-19-21-18(22-26-19)13-20-17-8-5-4-7-16(17)14-23-9-11-24(12-10-23)15(2)25/h4-5,7-8,20H,3,6,9-14H2,1-2H3. The zero-order valence-corrected chi connectivity index (χ0v) is 15.6. The predicted octanol–water partition coefficient (Wildman–Crippen LogP) is 2.30. The number of aryl methyl sites for hydroxylation is 1. The number of carbonyl (C=O) groups excluding carboxylic acids is 1. The van der Waals surface area contributed by atoms with Crippen LogP contribution in [0.2, 0.25) is 0 Å². The highest BCUT2D eigenvalue weighted by atomic mass is 16.5. The highest BCUT2D eigenvalue weighted by molar-refractivity contribution is 5.73. The Kier molecular flexibility index (Phi) is 6.22. The number of hydrogen-bond acceptors (Lipinski definition) is 6. The largest absolute Gasteiger partial charge is 0.377 e. The summed E-state index contributed by atoms with van der Waals surface area (Å²) in [4.78, 5) is 20.1. The molecule has 1 aliphatic rings. The molecule has 0 spiro atoms. The third kappa shape index (κ3) is 4.82. The van der Waals surface area contributed by atoms with Crippen molar-refractivity contribution in [2.75, 3.05) is 31.5 Å². The van der Waals surface area contributed by atoms with Crippen molar-refractivity contribution in [3.05, 3.63) is 41.5 Å². The summed E-state index contributed by atoms with van der Waals surface area (Å²) in [7, 11) is 0. The van der Waals surface area contributed by atoms with Crippen molar-refractivity contribution in [2.24, 2.45) is 0 Å². The van der Waals surface area contributed by atoms with Gasteiger partial charge in [-0.3, -0.25) is 9.69 Å². The van der Waals surface area contributed by atoms with E-state index in [2.05, 4.69) is 45.5 Å². The summed E-state index contributed by atoms with van der Waals surface area (Å²) in [5.41, 5.74) is 2.32. The van der Waals surface area contributed by atoms with E-state index in [4.69, 9.17) is 4.52 Å². The van der Waals surface area contributed by atoms with E-state index in [0.717, 1.165) is 51.3 Å². The molecule has 0 atom stereocenters. The molecule has 0 unspecified atom stereocenters. The second-order valence-corrected chi connectivity index (χ2v) is 6.65. The molecular weight excluding hydrogens is 330 g/mol. The molecule has 1 aromatic carbocycles. The van der Waals surface area contributed by atoms with Gasteiger partial charge in [-0.2, -0.15) is 4.98 Å². The van der Waals surface area contributed by atoms with E-state index in [9.17, 15) is 4.79 Å². The van der Waals surface area contributed by atoms with Crippen LogP contribution in [0.1, 0.15) is 37.5 Å². The Balaban J connectivity index is 1.57. The molecule has 7 heteroatoms. The first-order valence-electron chi connectivity index (χ1n) is 9.27. The summed E-state index contributed by atoms with van der Waals surface area (Å²) in [5, 5.41) is 7.45. The molecule has 26 heavy (non-hydrogen) atoms. The molecule has 2 heterocycles. The van der Waals surface area contributed by atoms with Crippen LogP contribution in [0.3, 0.4) is 0 Å². The summed E-state index contributed by atoms with van der Waals surface area (Å²) in [5.74, 6) is 1.54. The van der Waals surface area contributed by atoms with Crippen molar-refractivity contribution in [2.45, 2.75) is 39.8 Å². The Labute approximate surface area is 154 Å². The molecule has 0 aliphatic carbocycles. The second-order valence-electron chi connectivity index (χ2n) is 6.65. The molecule has 0 saturated carbocycles. The van der Waals surface area contributed by atoms with Gasteiger partial charge in [0.25, 0.3) is 0 Å². The molecule has 1 saturated heterocycles. The zero-order chi connectivity index (χ0) is 18.4. The second kappa shape index (κ2) is 8.80. The molecular formula is C19H27N5O2. The van der Waals surface area contributed by atoms with E-state index >= 15 is 0 Å². The van der Waals surface area contributed by atoms with Crippen LogP contribution in [0, 0.1) is 0 Å². The first-order valence-corrected chi connectivity index (χ1v) is 9.27. The van der Waals surface area contributed by atoms with Gasteiger partial charge in [-0.05, 0) is 18.1 Å². The number of piperazine rings is 1. The highest BCUT2D eigenvalue weighted by Gasteiger charge is 2.19. The van der Waals surface area contributed by atoms with E-state index in [0.29, 0.717) is 18.3 Å². The van der Waals surface area contributed by atoms with Crippen LogP contribution >= 0.6 is 0 Å². The lowest BCUT2D eigenvalue weighted by Crippen LogP contribution is -2.47. The first kappa shape index (κ1) is 18.4. The van der Waals surface area contributed by atoms with Gasteiger partial charge in [-0.25, -0.2) is 0 Å². The van der Waals surface area contributed by atoms with Crippen molar-refractivity contribution in [1.29, 1.82) is 0 Å². The SMILES string of the molecule is CCCc1nc(CNc2ccccc2CN2CCN(C(C)=O)CC2)no1. The fraction of sp³-hybridized carbons (Fsp3) is 0.526. The fourth-order valence-corrected chi connectivity index (χ4v) is 3.14. The van der Waals surface area contributed by atoms with Gasteiger partial charge in [0.05, 0.1) is 6.54 Å². The highest BCUT2D eigenvalue weighted by Crippen LogP contribution is 2.19. The van der Waals surface area contributed by atoms with Crippen molar-refractivity contribution in [3.8, 4) is 0 Å². The first-order chi connectivity index (χ1) is 12.7. The van der Waals surface area contributed by atoms with Gasteiger partial charge in [-0.15, -0.1) is 0 Å². The molecule has 2 aromatic rings. The van der Waals surface area contributed by atoms with Gasteiger partial charge < -0.3 is 14.7 Å². The lowest BCUT2D eigenvalue weighted by molar-refractivity contribution is -0.130. The summed E-state index contributed by atoms with van der Waals surface area (Å²) >= 11 is 0. The smallest absolute Gasteiger partial charge is 0.226 e. The van der Waals surface area contributed by atoms with Gasteiger partial charge in [0.2, 0.25) is 11.8 Å². The van der Waals surface area contributed by atoms with E-state index in [1.165, 1.54) is 5.56 Å². The minimum atomic E-state index is 0.161. The Morgan fingerprint density at radius 3 is 2.73 bits per heavy atom. The van der Waals surface area contributed by atoms with Crippen LogP contribution in [0.25, 0.3) is 0 Å². The topological polar surface area (TPSA) is 74.5 Å². The molecule has 1 aliphatic heterocycles. The molecule has 1 aromatic heterocycles. The average Bonchev–Trinajstić information content (AvgIpc) is 3.09. The number of hydrogen-bond donors (Lipinski definition) is 1. The van der Waals surface area contributed by atoms with Gasteiger partial charge >= 0.3 is 0 Å². The van der Waals surface area contributed by atoms with Crippen molar-refractivity contribution in [3.63, 3.8) is 0 Å². The number of nitrogens with zero attached hydrogens (tertiary/aromatic N) is 4. The van der Waals surface area contributed by atoms with E-state index < -0.39 is 0 Å². The maximum atomic E-state index is 11.5. The van der Waals surface area contributed by atoms with E-state index in [1.54, 1.807) is 6.92 Å². The number of para-hydroxylation sites is 1. The van der Waals surface area contributed by atoms with Crippen LogP contribution in [-0.2, 0) is 24.3 Å².